The fourth-order valence-corrected chi connectivity index (χ4v) is 3.84. The maximum Gasteiger partial charge on any atom is 0.273 e. The van der Waals surface area contributed by atoms with Crippen molar-refractivity contribution < 1.29 is 29.2 Å². The first-order chi connectivity index (χ1) is 15.0. The van der Waals surface area contributed by atoms with Crippen molar-refractivity contribution in [3.8, 4) is 28.5 Å². The molecule has 3 aromatic rings. The average molecular weight is 425 g/mol. The van der Waals surface area contributed by atoms with E-state index in [-0.39, 0.29) is 24.0 Å². The molecule has 0 saturated carbocycles. The van der Waals surface area contributed by atoms with Gasteiger partial charge in [-0.2, -0.15) is 5.10 Å². The van der Waals surface area contributed by atoms with Gasteiger partial charge in [0.2, 0.25) is 0 Å². The van der Waals surface area contributed by atoms with Crippen molar-refractivity contribution in [1.29, 1.82) is 0 Å². The largest absolute Gasteiger partial charge is 0.508 e. The van der Waals surface area contributed by atoms with Crippen LogP contribution in [0.1, 0.15) is 27.7 Å². The summed E-state index contributed by atoms with van der Waals surface area (Å²) < 4.78 is 15.9. The number of aromatic nitrogens is 2. The monoisotopic (exact) mass is 425 g/mol. The standard InChI is InChI=1S/C22H23N3O6/c1-29-16-10-13(6-9-15(16)27)21-18-19(12-4-7-14(26)8-5-12)23-24-20(18)22(28)25(21)11-17(30-2)31-3/h4-10,17,21,26-27H,11H2,1-3H3,(H,23,24). The van der Waals surface area contributed by atoms with Crippen molar-refractivity contribution >= 4 is 5.91 Å². The van der Waals surface area contributed by atoms with Crippen LogP contribution in [-0.4, -0.2) is 65.4 Å². The van der Waals surface area contributed by atoms with Gasteiger partial charge in [-0.15, -0.1) is 0 Å². The number of phenolic OH excluding ortho intramolecular Hbond substituents is 2. The average Bonchev–Trinajstić information content (AvgIpc) is 3.32. The first-order valence-corrected chi connectivity index (χ1v) is 9.59. The summed E-state index contributed by atoms with van der Waals surface area (Å²) >= 11 is 0. The molecule has 1 aliphatic rings. The topological polar surface area (TPSA) is 117 Å². The molecule has 2 heterocycles. The molecular formula is C22H23N3O6. The molecule has 3 N–H and O–H groups in total. The summed E-state index contributed by atoms with van der Waals surface area (Å²) in [5.74, 6) is 0.183. The van der Waals surface area contributed by atoms with Gasteiger partial charge in [0.1, 0.15) is 11.4 Å². The highest BCUT2D eigenvalue weighted by Gasteiger charge is 2.43. The molecule has 1 aromatic heterocycles. The predicted octanol–water partition coefficient (Wildman–Crippen LogP) is 2.66. The van der Waals surface area contributed by atoms with Gasteiger partial charge in [-0.25, -0.2) is 0 Å². The SMILES string of the molecule is COc1cc(C2c3c(-c4ccc(O)cc4)n[nH]c3C(=O)N2CC(OC)OC)ccc1O. The van der Waals surface area contributed by atoms with Gasteiger partial charge in [0.15, 0.2) is 17.8 Å². The number of rotatable bonds is 7. The van der Waals surface area contributed by atoms with Crippen LogP contribution in [0.25, 0.3) is 11.3 Å². The van der Waals surface area contributed by atoms with Crippen molar-refractivity contribution in [2.75, 3.05) is 27.9 Å². The highest BCUT2D eigenvalue weighted by molar-refractivity contribution is 6.00. The smallest absolute Gasteiger partial charge is 0.273 e. The third-order valence-corrected chi connectivity index (χ3v) is 5.40. The van der Waals surface area contributed by atoms with E-state index in [0.29, 0.717) is 22.7 Å². The van der Waals surface area contributed by atoms with Gasteiger partial charge in [0, 0.05) is 25.3 Å². The molecule has 1 aliphatic heterocycles. The van der Waals surface area contributed by atoms with Crippen LogP contribution in [0.5, 0.6) is 17.2 Å². The number of carbonyl (C=O) groups excluding carboxylic acids is 1. The Morgan fingerprint density at radius 3 is 2.45 bits per heavy atom. The fraction of sp³-hybridized carbons (Fsp3) is 0.273. The lowest BCUT2D eigenvalue weighted by Crippen LogP contribution is -2.38. The number of benzene rings is 2. The summed E-state index contributed by atoms with van der Waals surface area (Å²) in [6, 6.07) is 11.0. The number of carbonyl (C=O) groups is 1. The van der Waals surface area contributed by atoms with Crippen LogP contribution in [-0.2, 0) is 9.47 Å². The second-order valence-electron chi connectivity index (χ2n) is 7.10. The van der Waals surface area contributed by atoms with Crippen molar-refractivity contribution in [1.82, 2.24) is 15.1 Å². The van der Waals surface area contributed by atoms with E-state index in [1.165, 1.54) is 27.4 Å². The lowest BCUT2D eigenvalue weighted by atomic mass is 9.95. The summed E-state index contributed by atoms with van der Waals surface area (Å²) in [6.07, 6.45) is -0.625. The van der Waals surface area contributed by atoms with E-state index in [9.17, 15) is 15.0 Å². The number of amides is 1. The van der Waals surface area contributed by atoms with Gasteiger partial charge in [0.25, 0.3) is 5.91 Å². The first kappa shape index (κ1) is 20.7. The first-order valence-electron chi connectivity index (χ1n) is 9.59. The highest BCUT2D eigenvalue weighted by Crippen LogP contribution is 2.44. The Hall–Kier alpha value is -3.56. The lowest BCUT2D eigenvalue weighted by Gasteiger charge is -2.29. The minimum atomic E-state index is -0.625. The Kier molecular flexibility index (Phi) is 5.53. The number of nitrogens with zero attached hydrogens (tertiary/aromatic N) is 2. The van der Waals surface area contributed by atoms with Crippen LogP contribution in [0, 0.1) is 0 Å². The van der Waals surface area contributed by atoms with Crippen LogP contribution in [0.15, 0.2) is 42.5 Å². The second-order valence-corrected chi connectivity index (χ2v) is 7.10. The number of aromatic amines is 1. The van der Waals surface area contributed by atoms with E-state index in [2.05, 4.69) is 10.2 Å². The molecule has 0 saturated heterocycles. The van der Waals surface area contributed by atoms with Crippen molar-refractivity contribution in [3.63, 3.8) is 0 Å². The number of ether oxygens (including phenoxy) is 3. The summed E-state index contributed by atoms with van der Waals surface area (Å²) in [7, 11) is 4.49. The van der Waals surface area contributed by atoms with Crippen LogP contribution in [0.3, 0.4) is 0 Å². The molecule has 9 heteroatoms. The molecule has 162 valence electrons. The Morgan fingerprint density at radius 2 is 1.81 bits per heavy atom. The summed E-state index contributed by atoms with van der Waals surface area (Å²) in [6.45, 7) is 0.178. The molecular weight excluding hydrogens is 402 g/mol. The molecule has 31 heavy (non-hydrogen) atoms. The van der Waals surface area contributed by atoms with Gasteiger partial charge in [0.05, 0.1) is 25.4 Å². The third-order valence-electron chi connectivity index (χ3n) is 5.40. The van der Waals surface area contributed by atoms with Crippen molar-refractivity contribution in [2.45, 2.75) is 12.3 Å². The normalized spacial score (nSPS) is 15.5. The third kappa shape index (κ3) is 3.58. The zero-order chi connectivity index (χ0) is 22.1. The fourth-order valence-electron chi connectivity index (χ4n) is 3.84. The Bertz CT molecular complexity index is 1090. The van der Waals surface area contributed by atoms with Crippen LogP contribution in [0.4, 0.5) is 0 Å². The minimum Gasteiger partial charge on any atom is -0.508 e. The molecule has 0 fully saturated rings. The molecule has 0 bridgehead atoms. The number of H-pyrrole nitrogens is 1. The molecule has 9 nitrogen and oxygen atoms in total. The number of nitrogens with one attached hydrogen (secondary N) is 1. The Balaban J connectivity index is 1.87. The summed E-state index contributed by atoms with van der Waals surface area (Å²) in [5, 5.41) is 26.9. The van der Waals surface area contributed by atoms with Gasteiger partial charge < -0.3 is 29.3 Å². The number of hydrogen-bond acceptors (Lipinski definition) is 7. The zero-order valence-corrected chi connectivity index (χ0v) is 17.3. The Morgan fingerprint density at radius 1 is 1.10 bits per heavy atom. The van der Waals surface area contributed by atoms with Crippen molar-refractivity contribution in [3.05, 3.63) is 59.3 Å². The number of phenols is 2. The molecule has 0 aliphatic carbocycles. The van der Waals surface area contributed by atoms with Crippen LogP contribution >= 0.6 is 0 Å². The van der Waals surface area contributed by atoms with E-state index >= 15 is 0 Å². The predicted molar refractivity (Wildman–Crippen MR) is 111 cm³/mol. The maximum atomic E-state index is 13.3. The van der Waals surface area contributed by atoms with Crippen LogP contribution in [0.2, 0.25) is 0 Å². The molecule has 2 aromatic carbocycles. The van der Waals surface area contributed by atoms with E-state index < -0.39 is 12.3 Å². The van der Waals surface area contributed by atoms with Crippen LogP contribution < -0.4 is 4.74 Å². The van der Waals surface area contributed by atoms with Crippen molar-refractivity contribution in [2.24, 2.45) is 0 Å². The number of hydrogen-bond donors (Lipinski definition) is 3. The summed E-state index contributed by atoms with van der Waals surface area (Å²) in [4.78, 5) is 14.9. The highest BCUT2D eigenvalue weighted by atomic mass is 16.7. The van der Waals surface area contributed by atoms with E-state index in [1.807, 2.05) is 0 Å². The maximum absolute atomic E-state index is 13.3. The number of aromatic hydroxyl groups is 2. The molecule has 1 unspecified atom stereocenters. The van der Waals surface area contributed by atoms with Gasteiger partial charge >= 0.3 is 0 Å². The quantitative estimate of drug-likeness (QED) is 0.498. The number of methoxy groups -OCH3 is 3. The van der Waals surface area contributed by atoms with Gasteiger partial charge in [-0.3, -0.25) is 9.89 Å². The molecule has 1 amide bonds. The van der Waals surface area contributed by atoms with E-state index in [0.717, 1.165) is 11.1 Å². The van der Waals surface area contributed by atoms with Gasteiger partial charge in [-0.05, 0) is 42.0 Å². The minimum absolute atomic E-state index is 0.0000387. The summed E-state index contributed by atoms with van der Waals surface area (Å²) in [5.41, 5.74) is 3.12. The molecule has 4 rings (SSSR count). The number of fused-ring (bicyclic) bond motifs is 1. The molecule has 0 radical (unpaired) electrons. The van der Waals surface area contributed by atoms with E-state index in [4.69, 9.17) is 14.2 Å². The second kappa shape index (κ2) is 8.29. The molecule has 1 atom stereocenters. The van der Waals surface area contributed by atoms with E-state index in [1.54, 1.807) is 41.3 Å². The lowest BCUT2D eigenvalue weighted by molar-refractivity contribution is -0.113. The Labute approximate surface area is 178 Å². The van der Waals surface area contributed by atoms with Gasteiger partial charge in [-0.1, -0.05) is 6.07 Å². The molecule has 0 spiro atoms. The zero-order valence-electron chi connectivity index (χ0n) is 17.3.